The highest BCUT2D eigenvalue weighted by atomic mass is 16.6. The van der Waals surface area contributed by atoms with Crippen molar-refractivity contribution >= 4 is 5.69 Å². The molecular formula is C12H17N3O2. The van der Waals surface area contributed by atoms with E-state index in [1.807, 2.05) is 0 Å². The molecule has 5 nitrogen and oxygen atoms in total. The van der Waals surface area contributed by atoms with Crippen molar-refractivity contribution in [2.24, 2.45) is 5.92 Å². The Kier molecular flexibility index (Phi) is 3.68. The van der Waals surface area contributed by atoms with Crippen LogP contribution in [0.15, 0.2) is 18.3 Å². The molecule has 0 aliphatic heterocycles. The van der Waals surface area contributed by atoms with E-state index < -0.39 is 4.92 Å². The molecular weight excluding hydrogens is 218 g/mol. The molecule has 1 N–H and O–H groups in total. The summed E-state index contributed by atoms with van der Waals surface area (Å²) >= 11 is 0. The summed E-state index contributed by atoms with van der Waals surface area (Å²) in [5, 5.41) is 14.0. The molecule has 1 unspecified atom stereocenters. The summed E-state index contributed by atoms with van der Waals surface area (Å²) in [5.41, 5.74) is 0.980. The summed E-state index contributed by atoms with van der Waals surface area (Å²) in [7, 11) is 0. The standard InChI is InChI=1S/C12H17N3O2/c1-2-13-12(9-3-4-9)7-10-5-6-11(8-14-10)15(16)17/h5-6,8-9,12-13H,2-4,7H2,1H3. The first-order valence-corrected chi connectivity index (χ1v) is 6.03. The van der Waals surface area contributed by atoms with E-state index in [-0.39, 0.29) is 5.69 Å². The number of nitrogens with zero attached hydrogens (tertiary/aromatic N) is 2. The fourth-order valence-electron chi connectivity index (χ4n) is 2.04. The van der Waals surface area contributed by atoms with Gasteiger partial charge in [-0.25, -0.2) is 0 Å². The van der Waals surface area contributed by atoms with E-state index in [2.05, 4.69) is 17.2 Å². The van der Waals surface area contributed by atoms with E-state index in [9.17, 15) is 10.1 Å². The smallest absolute Gasteiger partial charge is 0.287 e. The molecule has 0 radical (unpaired) electrons. The van der Waals surface area contributed by atoms with Gasteiger partial charge in [-0.2, -0.15) is 0 Å². The summed E-state index contributed by atoms with van der Waals surface area (Å²) in [6.45, 7) is 3.05. The summed E-state index contributed by atoms with van der Waals surface area (Å²) in [5.74, 6) is 0.756. The van der Waals surface area contributed by atoms with E-state index in [0.717, 1.165) is 24.6 Å². The van der Waals surface area contributed by atoms with Gasteiger partial charge in [0.1, 0.15) is 6.20 Å². The van der Waals surface area contributed by atoms with Gasteiger partial charge in [0.15, 0.2) is 0 Å². The highest BCUT2D eigenvalue weighted by molar-refractivity contribution is 5.27. The molecule has 1 aromatic heterocycles. The number of nitro groups is 1. The lowest BCUT2D eigenvalue weighted by Gasteiger charge is -2.16. The zero-order chi connectivity index (χ0) is 12.3. The van der Waals surface area contributed by atoms with Crippen molar-refractivity contribution in [1.29, 1.82) is 0 Å². The van der Waals surface area contributed by atoms with Crippen molar-refractivity contribution in [3.8, 4) is 0 Å². The van der Waals surface area contributed by atoms with Crippen molar-refractivity contribution < 1.29 is 4.92 Å². The van der Waals surface area contributed by atoms with Crippen molar-refractivity contribution in [3.63, 3.8) is 0 Å². The van der Waals surface area contributed by atoms with Crippen LogP contribution in [-0.2, 0) is 6.42 Å². The number of likely N-dealkylation sites (N-methyl/N-ethyl adjacent to an activating group) is 1. The van der Waals surface area contributed by atoms with Crippen LogP contribution < -0.4 is 5.32 Å². The molecule has 5 heteroatoms. The first kappa shape index (κ1) is 12.0. The predicted octanol–water partition coefficient (Wildman–Crippen LogP) is 1.92. The SMILES string of the molecule is CCNC(Cc1ccc([N+](=O)[O-])cn1)C1CC1. The van der Waals surface area contributed by atoms with Crippen LogP contribution in [0.25, 0.3) is 0 Å². The number of aromatic nitrogens is 1. The van der Waals surface area contributed by atoms with Crippen LogP contribution in [0.4, 0.5) is 5.69 Å². The van der Waals surface area contributed by atoms with Gasteiger partial charge in [-0.15, -0.1) is 0 Å². The lowest BCUT2D eigenvalue weighted by Crippen LogP contribution is -2.33. The molecule has 1 saturated carbocycles. The third-order valence-electron chi connectivity index (χ3n) is 3.11. The number of hydrogen-bond donors (Lipinski definition) is 1. The second-order valence-corrected chi connectivity index (χ2v) is 4.47. The fourth-order valence-corrected chi connectivity index (χ4v) is 2.04. The van der Waals surface area contributed by atoms with Crippen LogP contribution in [0.5, 0.6) is 0 Å². The maximum absolute atomic E-state index is 10.5. The average molecular weight is 235 g/mol. The zero-order valence-corrected chi connectivity index (χ0v) is 9.93. The zero-order valence-electron chi connectivity index (χ0n) is 9.93. The molecule has 1 aliphatic carbocycles. The monoisotopic (exact) mass is 235 g/mol. The van der Waals surface area contributed by atoms with E-state index >= 15 is 0 Å². The van der Waals surface area contributed by atoms with Gasteiger partial charge in [-0.3, -0.25) is 15.1 Å². The van der Waals surface area contributed by atoms with Crippen LogP contribution in [0.3, 0.4) is 0 Å². The third kappa shape index (κ3) is 3.23. The molecule has 1 fully saturated rings. The quantitative estimate of drug-likeness (QED) is 0.604. The number of pyridine rings is 1. The Balaban J connectivity index is 1.99. The molecule has 1 aromatic rings. The largest absolute Gasteiger partial charge is 0.314 e. The Morgan fingerprint density at radius 2 is 2.35 bits per heavy atom. The Labute approximate surface area is 100 Å². The topological polar surface area (TPSA) is 68.1 Å². The minimum Gasteiger partial charge on any atom is -0.314 e. The Morgan fingerprint density at radius 3 is 2.82 bits per heavy atom. The second-order valence-electron chi connectivity index (χ2n) is 4.47. The minimum atomic E-state index is -0.417. The van der Waals surface area contributed by atoms with Gasteiger partial charge in [0.25, 0.3) is 5.69 Å². The first-order chi connectivity index (χ1) is 8.20. The van der Waals surface area contributed by atoms with E-state index in [1.165, 1.54) is 25.1 Å². The van der Waals surface area contributed by atoms with Gasteiger partial charge >= 0.3 is 0 Å². The van der Waals surface area contributed by atoms with Crippen molar-refractivity contribution in [2.45, 2.75) is 32.2 Å². The van der Waals surface area contributed by atoms with Gasteiger partial charge in [-0.05, 0) is 31.4 Å². The molecule has 0 amide bonds. The second kappa shape index (κ2) is 5.23. The maximum Gasteiger partial charge on any atom is 0.287 e. The Bertz CT molecular complexity index is 387. The molecule has 0 saturated heterocycles. The number of nitrogens with one attached hydrogen (secondary N) is 1. The fraction of sp³-hybridized carbons (Fsp3) is 0.583. The molecule has 0 aromatic carbocycles. The lowest BCUT2D eigenvalue weighted by molar-refractivity contribution is -0.385. The molecule has 0 bridgehead atoms. The van der Waals surface area contributed by atoms with Crippen LogP contribution in [0.1, 0.15) is 25.5 Å². The average Bonchev–Trinajstić information content (AvgIpc) is 3.13. The molecule has 0 spiro atoms. The molecule has 17 heavy (non-hydrogen) atoms. The minimum absolute atomic E-state index is 0.0557. The predicted molar refractivity (Wildman–Crippen MR) is 64.8 cm³/mol. The summed E-state index contributed by atoms with van der Waals surface area (Å²) in [6, 6.07) is 3.75. The van der Waals surface area contributed by atoms with Crippen molar-refractivity contribution in [2.75, 3.05) is 6.54 Å². The van der Waals surface area contributed by atoms with E-state index in [0.29, 0.717) is 6.04 Å². The first-order valence-electron chi connectivity index (χ1n) is 6.03. The van der Waals surface area contributed by atoms with Gasteiger partial charge in [0.2, 0.25) is 0 Å². The normalized spacial score (nSPS) is 16.8. The Morgan fingerprint density at radius 1 is 1.59 bits per heavy atom. The molecule has 1 aliphatic rings. The number of rotatable bonds is 6. The lowest BCUT2D eigenvalue weighted by atomic mass is 10.1. The van der Waals surface area contributed by atoms with Gasteiger partial charge in [0, 0.05) is 24.2 Å². The Hall–Kier alpha value is -1.49. The van der Waals surface area contributed by atoms with Gasteiger partial charge in [0.05, 0.1) is 4.92 Å². The third-order valence-corrected chi connectivity index (χ3v) is 3.11. The summed E-state index contributed by atoms with van der Waals surface area (Å²) < 4.78 is 0. The van der Waals surface area contributed by atoms with Crippen LogP contribution in [0, 0.1) is 16.0 Å². The van der Waals surface area contributed by atoms with Crippen molar-refractivity contribution in [1.82, 2.24) is 10.3 Å². The summed E-state index contributed by atoms with van der Waals surface area (Å²) in [4.78, 5) is 14.2. The molecule has 1 heterocycles. The highest BCUT2D eigenvalue weighted by Crippen LogP contribution is 2.33. The van der Waals surface area contributed by atoms with E-state index in [4.69, 9.17) is 0 Å². The molecule has 2 rings (SSSR count). The van der Waals surface area contributed by atoms with E-state index in [1.54, 1.807) is 6.07 Å². The van der Waals surface area contributed by atoms with Crippen molar-refractivity contribution in [3.05, 3.63) is 34.1 Å². The number of hydrogen-bond acceptors (Lipinski definition) is 4. The van der Waals surface area contributed by atoms with Gasteiger partial charge < -0.3 is 5.32 Å². The maximum atomic E-state index is 10.5. The van der Waals surface area contributed by atoms with Crippen LogP contribution >= 0.6 is 0 Å². The molecule has 1 atom stereocenters. The van der Waals surface area contributed by atoms with Crippen LogP contribution in [-0.4, -0.2) is 22.5 Å². The van der Waals surface area contributed by atoms with Crippen LogP contribution in [0.2, 0.25) is 0 Å². The van der Waals surface area contributed by atoms with Gasteiger partial charge in [-0.1, -0.05) is 6.92 Å². The highest BCUT2D eigenvalue weighted by Gasteiger charge is 2.30. The summed E-state index contributed by atoms with van der Waals surface area (Å²) in [6.07, 6.45) is 4.76. The molecule has 92 valence electrons.